The molecule has 10 aromatic carbocycles. The summed E-state index contributed by atoms with van der Waals surface area (Å²) in [5, 5.41) is 13.1. The van der Waals surface area contributed by atoms with Crippen LogP contribution in [0.3, 0.4) is 0 Å². The molecule has 14 rings (SSSR count). The van der Waals surface area contributed by atoms with Crippen LogP contribution in [-0.2, 0) is 0 Å². The largest absolute Gasteiger partial charge is 0.309 e. The first kappa shape index (κ1) is 34.2. The number of aromatic nitrogens is 5. The van der Waals surface area contributed by atoms with Crippen molar-refractivity contribution in [1.29, 1.82) is 0 Å². The summed E-state index contributed by atoms with van der Waals surface area (Å²) in [6, 6.07) is 76.6. The van der Waals surface area contributed by atoms with Crippen LogP contribution in [0.2, 0.25) is 0 Å². The predicted molar refractivity (Wildman–Crippen MR) is 263 cm³/mol. The van der Waals surface area contributed by atoms with Crippen molar-refractivity contribution in [2.45, 2.75) is 0 Å². The van der Waals surface area contributed by atoms with E-state index >= 15 is 0 Å². The maximum atomic E-state index is 5.54. The van der Waals surface area contributed by atoms with Crippen molar-refractivity contribution < 1.29 is 0 Å². The molecular formula is C58H35N5. The van der Waals surface area contributed by atoms with Crippen LogP contribution >= 0.6 is 0 Å². The second-order valence-electron chi connectivity index (χ2n) is 16.6. The number of benzene rings is 10. The van der Waals surface area contributed by atoms with Gasteiger partial charge in [-0.15, -0.1) is 0 Å². The first-order chi connectivity index (χ1) is 31.3. The van der Waals surface area contributed by atoms with Gasteiger partial charge in [0.1, 0.15) is 5.82 Å². The van der Waals surface area contributed by atoms with E-state index in [1.165, 1.54) is 65.0 Å². The standard InChI is InChI=1S/C58H35N5/c1-2-17-39(18-3-1)61-50-25-11-8-21-42(50)47-33-38(30-32-54(47)61)57-59-49-24-10-6-23-45(49)58(60-57)63-52-27-13-9-22-43(52)48-35-46-37(34-55(48)63)16-14-28-53(46)62-51-26-12-7-20-41(51)44-31-29-36-15-4-5-19-40(36)56(44)62/h1-35H. The monoisotopic (exact) mass is 801 g/mol. The van der Waals surface area contributed by atoms with Crippen LogP contribution in [0, 0.1) is 0 Å². The summed E-state index contributed by atoms with van der Waals surface area (Å²) in [4.78, 5) is 10.8. The molecule has 0 aliphatic rings. The fourth-order valence-electron chi connectivity index (χ4n) is 10.5. The van der Waals surface area contributed by atoms with E-state index in [0.29, 0.717) is 5.82 Å². The van der Waals surface area contributed by atoms with Gasteiger partial charge < -0.3 is 9.13 Å². The molecule has 4 heterocycles. The minimum atomic E-state index is 0.690. The van der Waals surface area contributed by atoms with Gasteiger partial charge in [-0.25, -0.2) is 9.97 Å². The highest BCUT2D eigenvalue weighted by Crippen LogP contribution is 2.42. The molecule has 0 radical (unpaired) electrons. The van der Waals surface area contributed by atoms with E-state index in [0.717, 1.165) is 55.6 Å². The molecule has 0 N–H and O–H groups in total. The molecular weight excluding hydrogens is 767 g/mol. The minimum absolute atomic E-state index is 0.690. The summed E-state index contributed by atoms with van der Waals surface area (Å²) in [6.45, 7) is 0. The summed E-state index contributed by atoms with van der Waals surface area (Å²) in [5.41, 5.74) is 11.1. The molecule has 0 unspecified atom stereocenters. The van der Waals surface area contributed by atoms with Gasteiger partial charge >= 0.3 is 0 Å². The normalized spacial score (nSPS) is 12.1. The van der Waals surface area contributed by atoms with Crippen LogP contribution in [0.4, 0.5) is 0 Å². The Kier molecular flexibility index (Phi) is 7.05. The second-order valence-corrected chi connectivity index (χ2v) is 16.6. The first-order valence-electron chi connectivity index (χ1n) is 21.5. The van der Waals surface area contributed by atoms with E-state index in [-0.39, 0.29) is 0 Å². The number of hydrogen-bond donors (Lipinski definition) is 0. The zero-order valence-electron chi connectivity index (χ0n) is 33.9. The Morgan fingerprint density at radius 3 is 1.70 bits per heavy atom. The minimum Gasteiger partial charge on any atom is -0.309 e. The molecule has 0 fully saturated rings. The van der Waals surface area contributed by atoms with Gasteiger partial charge in [0.25, 0.3) is 0 Å². The summed E-state index contributed by atoms with van der Waals surface area (Å²) < 4.78 is 7.19. The second kappa shape index (κ2) is 13.0. The highest BCUT2D eigenvalue weighted by atomic mass is 15.1. The van der Waals surface area contributed by atoms with Crippen molar-refractivity contribution in [3.63, 3.8) is 0 Å². The average molecular weight is 802 g/mol. The van der Waals surface area contributed by atoms with Crippen molar-refractivity contribution in [3.05, 3.63) is 212 Å². The lowest BCUT2D eigenvalue weighted by Crippen LogP contribution is -2.03. The van der Waals surface area contributed by atoms with Crippen LogP contribution in [0.25, 0.3) is 126 Å². The van der Waals surface area contributed by atoms with Crippen molar-refractivity contribution >= 4 is 97.9 Å². The molecule has 292 valence electrons. The quantitative estimate of drug-likeness (QED) is 0.178. The van der Waals surface area contributed by atoms with E-state index < -0.39 is 0 Å². The third-order valence-electron chi connectivity index (χ3n) is 13.2. The fraction of sp³-hybridized carbons (Fsp3) is 0. The number of nitrogens with zero attached hydrogens (tertiary/aromatic N) is 5. The molecule has 0 atom stereocenters. The average Bonchev–Trinajstić information content (AvgIpc) is 3.98. The Bertz CT molecular complexity index is 4210. The number of rotatable bonds is 4. The van der Waals surface area contributed by atoms with Crippen LogP contribution in [0.15, 0.2) is 212 Å². The number of fused-ring (bicyclic) bond motifs is 13. The third kappa shape index (κ3) is 4.87. The Balaban J connectivity index is 1.02. The summed E-state index contributed by atoms with van der Waals surface area (Å²) in [6.07, 6.45) is 0. The van der Waals surface area contributed by atoms with Crippen LogP contribution in [0.5, 0.6) is 0 Å². The Morgan fingerprint density at radius 2 is 0.905 bits per heavy atom. The van der Waals surface area contributed by atoms with Crippen LogP contribution in [-0.4, -0.2) is 23.7 Å². The first-order valence-corrected chi connectivity index (χ1v) is 21.5. The smallest absolute Gasteiger partial charge is 0.162 e. The molecule has 0 spiro atoms. The lowest BCUT2D eigenvalue weighted by Gasteiger charge is -2.15. The molecule has 0 saturated carbocycles. The summed E-state index contributed by atoms with van der Waals surface area (Å²) >= 11 is 0. The zero-order valence-corrected chi connectivity index (χ0v) is 33.9. The number of para-hydroxylation sites is 5. The van der Waals surface area contributed by atoms with Gasteiger partial charge in [-0.1, -0.05) is 133 Å². The van der Waals surface area contributed by atoms with Gasteiger partial charge in [0.05, 0.1) is 44.3 Å². The van der Waals surface area contributed by atoms with Crippen molar-refractivity contribution in [1.82, 2.24) is 23.7 Å². The van der Waals surface area contributed by atoms with Gasteiger partial charge in [-0.05, 0) is 89.6 Å². The molecule has 5 heteroatoms. The topological polar surface area (TPSA) is 40.6 Å². The van der Waals surface area contributed by atoms with E-state index in [4.69, 9.17) is 9.97 Å². The van der Waals surface area contributed by atoms with Crippen LogP contribution < -0.4 is 0 Å². The van der Waals surface area contributed by atoms with Crippen molar-refractivity contribution in [3.8, 4) is 28.6 Å². The highest BCUT2D eigenvalue weighted by molar-refractivity contribution is 6.21. The molecule has 0 amide bonds. The molecule has 5 nitrogen and oxygen atoms in total. The molecule has 14 aromatic rings. The Hall–Kier alpha value is -8.54. The Morgan fingerprint density at radius 1 is 0.302 bits per heavy atom. The number of hydrogen-bond acceptors (Lipinski definition) is 2. The maximum absolute atomic E-state index is 5.54. The molecule has 4 aromatic heterocycles. The van der Waals surface area contributed by atoms with Gasteiger partial charge in [0.15, 0.2) is 5.82 Å². The third-order valence-corrected chi connectivity index (χ3v) is 13.2. The molecule has 0 saturated heterocycles. The van der Waals surface area contributed by atoms with Crippen molar-refractivity contribution in [2.75, 3.05) is 0 Å². The molecule has 0 aliphatic carbocycles. The maximum Gasteiger partial charge on any atom is 0.162 e. The molecule has 0 bridgehead atoms. The van der Waals surface area contributed by atoms with E-state index in [9.17, 15) is 0 Å². The highest BCUT2D eigenvalue weighted by Gasteiger charge is 2.22. The lowest BCUT2D eigenvalue weighted by molar-refractivity contribution is 1.08. The molecule has 0 aliphatic heterocycles. The summed E-state index contributed by atoms with van der Waals surface area (Å²) in [7, 11) is 0. The van der Waals surface area contributed by atoms with Crippen molar-refractivity contribution in [2.24, 2.45) is 0 Å². The SMILES string of the molecule is c1ccc(-n2c3ccccc3c3cc(-c4nc(-n5c6ccccc6c6cc7c(-n8c9ccccc9c9ccc%10ccccc%10c98)cccc7cc65)c5ccccc5n4)ccc32)cc1. The fourth-order valence-corrected chi connectivity index (χ4v) is 10.5. The van der Waals surface area contributed by atoms with Gasteiger partial charge in [0.2, 0.25) is 0 Å². The van der Waals surface area contributed by atoms with Gasteiger partial charge in [-0.3, -0.25) is 4.57 Å². The Labute approximate surface area is 360 Å². The van der Waals surface area contributed by atoms with Gasteiger partial charge in [-0.2, -0.15) is 0 Å². The van der Waals surface area contributed by atoms with E-state index in [2.05, 4.69) is 226 Å². The van der Waals surface area contributed by atoms with E-state index in [1.807, 2.05) is 0 Å². The lowest BCUT2D eigenvalue weighted by atomic mass is 10.0. The predicted octanol–water partition coefficient (Wildman–Crippen LogP) is 14.9. The van der Waals surface area contributed by atoms with E-state index in [1.54, 1.807) is 0 Å². The molecule has 63 heavy (non-hydrogen) atoms. The summed E-state index contributed by atoms with van der Waals surface area (Å²) in [5.74, 6) is 1.55. The van der Waals surface area contributed by atoms with Crippen LogP contribution in [0.1, 0.15) is 0 Å². The zero-order chi connectivity index (χ0) is 41.2. The van der Waals surface area contributed by atoms with Gasteiger partial charge in [0, 0.05) is 59.7 Å².